The molecule has 0 bridgehead atoms. The van der Waals surface area contributed by atoms with Gasteiger partial charge in [-0.1, -0.05) is 24.3 Å². The number of fused-ring (bicyclic) bond motifs is 1. The minimum Gasteiger partial charge on any atom is -0.305 e. The van der Waals surface area contributed by atoms with Crippen LogP contribution in [0.2, 0.25) is 0 Å². The van der Waals surface area contributed by atoms with Crippen molar-refractivity contribution in [2.45, 2.75) is 32.1 Å². The normalized spacial score (nSPS) is 15.6. The number of hydrogen-bond acceptors (Lipinski definition) is 6. The second-order valence-electron chi connectivity index (χ2n) is 9.05. The van der Waals surface area contributed by atoms with Gasteiger partial charge in [-0.2, -0.15) is 0 Å². The van der Waals surface area contributed by atoms with Gasteiger partial charge in [-0.25, -0.2) is 27.1 Å². The third-order valence-corrected chi connectivity index (χ3v) is 9.80. The van der Waals surface area contributed by atoms with Crippen molar-refractivity contribution in [2.75, 3.05) is 31.3 Å². The predicted molar refractivity (Wildman–Crippen MR) is 146 cm³/mol. The summed E-state index contributed by atoms with van der Waals surface area (Å²) in [6.45, 7) is 3.16. The Morgan fingerprint density at radius 3 is 2.47 bits per heavy atom. The molecule has 5 rings (SSSR count). The predicted octanol–water partition coefficient (Wildman–Crippen LogP) is 5.83. The highest BCUT2D eigenvalue weighted by Gasteiger charge is 2.27. The number of rotatable bonds is 6. The molecule has 4 heterocycles. The molecule has 0 atom stereocenters. The van der Waals surface area contributed by atoms with Gasteiger partial charge in [0, 0.05) is 31.9 Å². The second-order valence-corrected chi connectivity index (χ2v) is 13.3. The fraction of sp³-hybridized carbons (Fsp3) is 0.360. The van der Waals surface area contributed by atoms with Gasteiger partial charge in [0.1, 0.15) is 17.3 Å². The molecule has 0 unspecified atom stereocenters. The van der Waals surface area contributed by atoms with Crippen LogP contribution in [0.1, 0.15) is 36.9 Å². The van der Waals surface area contributed by atoms with Gasteiger partial charge in [0.05, 0.1) is 21.4 Å². The van der Waals surface area contributed by atoms with E-state index < -0.39 is 10.0 Å². The van der Waals surface area contributed by atoms with Gasteiger partial charge in [0.2, 0.25) is 10.0 Å². The van der Waals surface area contributed by atoms with Crippen LogP contribution >= 0.6 is 27.3 Å². The summed E-state index contributed by atoms with van der Waals surface area (Å²) in [4.78, 5) is 11.8. The van der Waals surface area contributed by atoms with E-state index in [1.165, 1.54) is 35.3 Å². The summed E-state index contributed by atoms with van der Waals surface area (Å²) in [7, 11) is -1.17. The summed E-state index contributed by atoms with van der Waals surface area (Å²) in [6, 6.07) is 10.5. The number of aromatic nitrogens is 3. The molecule has 1 fully saturated rings. The van der Waals surface area contributed by atoms with Gasteiger partial charge < -0.3 is 4.90 Å². The Morgan fingerprint density at radius 1 is 1.14 bits per heavy atom. The lowest BCUT2D eigenvalue weighted by Gasteiger charge is -2.30. The molecule has 0 spiro atoms. The molecular weight excluding hydrogens is 565 g/mol. The van der Waals surface area contributed by atoms with Crippen molar-refractivity contribution in [3.05, 3.63) is 63.5 Å². The van der Waals surface area contributed by atoms with Crippen molar-refractivity contribution < 1.29 is 12.8 Å². The van der Waals surface area contributed by atoms with Crippen LogP contribution in [-0.4, -0.2) is 53.5 Å². The summed E-state index contributed by atoms with van der Waals surface area (Å²) in [5.74, 6) is 0.963. The maximum absolute atomic E-state index is 13.4. The summed E-state index contributed by atoms with van der Waals surface area (Å²) >= 11 is 5.15. The first-order valence-corrected chi connectivity index (χ1v) is 15.2. The van der Waals surface area contributed by atoms with Crippen LogP contribution in [0.5, 0.6) is 0 Å². The molecule has 11 heteroatoms. The van der Waals surface area contributed by atoms with E-state index in [9.17, 15) is 12.8 Å². The van der Waals surface area contributed by atoms with Crippen LogP contribution < -0.4 is 4.90 Å². The van der Waals surface area contributed by atoms with Gasteiger partial charge >= 0.3 is 0 Å². The molecule has 0 aliphatic carbocycles. The number of sulfonamides is 1. The standard InChI is InChI=1S/C25H27BrFN5O2S2/c1-4-20-24(30(2)25-29-22(23(26)35-25)17-5-8-19(27)9-6-17)32-15-18(7-10-21(32)28-20)16-11-13-31(14-12-16)36(3,33)34/h5-10,15-16H,4,11-14H2,1-3H3. The van der Waals surface area contributed by atoms with E-state index in [1.807, 2.05) is 13.1 Å². The Labute approximate surface area is 222 Å². The van der Waals surface area contributed by atoms with Crippen molar-refractivity contribution in [1.29, 1.82) is 0 Å². The molecule has 0 amide bonds. The Morgan fingerprint density at radius 2 is 1.83 bits per heavy atom. The minimum atomic E-state index is -3.16. The van der Waals surface area contributed by atoms with E-state index in [1.54, 1.807) is 16.4 Å². The molecule has 1 aliphatic rings. The van der Waals surface area contributed by atoms with E-state index in [0.29, 0.717) is 13.1 Å². The van der Waals surface area contributed by atoms with Crippen LogP contribution in [0.15, 0.2) is 46.4 Å². The number of nitrogens with zero attached hydrogens (tertiary/aromatic N) is 5. The van der Waals surface area contributed by atoms with Crippen LogP contribution in [0.25, 0.3) is 16.9 Å². The first-order valence-electron chi connectivity index (χ1n) is 11.8. The fourth-order valence-electron chi connectivity index (χ4n) is 4.76. The molecule has 3 aromatic heterocycles. The molecule has 0 radical (unpaired) electrons. The van der Waals surface area contributed by atoms with E-state index in [0.717, 1.165) is 56.6 Å². The molecule has 0 N–H and O–H groups in total. The summed E-state index contributed by atoms with van der Waals surface area (Å²) < 4.78 is 41.8. The van der Waals surface area contributed by atoms with Crippen molar-refractivity contribution in [3.63, 3.8) is 0 Å². The second kappa shape index (κ2) is 9.85. The van der Waals surface area contributed by atoms with Crippen molar-refractivity contribution in [1.82, 2.24) is 18.7 Å². The molecular formula is C25H27BrFN5O2S2. The molecule has 0 saturated carbocycles. The zero-order valence-corrected chi connectivity index (χ0v) is 23.5. The smallest absolute Gasteiger partial charge is 0.211 e. The Bertz CT molecular complexity index is 1510. The number of aryl methyl sites for hydroxylation is 1. The monoisotopic (exact) mass is 591 g/mol. The topological polar surface area (TPSA) is 70.8 Å². The number of pyridine rings is 1. The van der Waals surface area contributed by atoms with Gasteiger partial charge in [0.25, 0.3) is 0 Å². The molecule has 4 aromatic rings. The zero-order valence-electron chi connectivity index (χ0n) is 20.3. The zero-order chi connectivity index (χ0) is 25.6. The molecule has 36 heavy (non-hydrogen) atoms. The fourth-order valence-corrected chi connectivity index (χ4v) is 7.17. The van der Waals surface area contributed by atoms with Crippen LogP contribution in [0, 0.1) is 5.82 Å². The van der Waals surface area contributed by atoms with Crippen LogP contribution in [-0.2, 0) is 16.4 Å². The largest absolute Gasteiger partial charge is 0.305 e. The first kappa shape index (κ1) is 25.3. The number of halogens is 2. The van der Waals surface area contributed by atoms with Crippen LogP contribution in [0.4, 0.5) is 15.3 Å². The number of benzene rings is 1. The Balaban J connectivity index is 1.49. The third kappa shape index (κ3) is 4.81. The summed E-state index contributed by atoms with van der Waals surface area (Å²) in [5, 5.41) is 0.796. The SMILES string of the molecule is CCc1nc2ccc(C3CCN(S(C)(=O)=O)CC3)cn2c1N(C)c1nc(-c2ccc(F)cc2)c(Br)s1. The Hall–Kier alpha value is -2.34. The number of hydrogen-bond donors (Lipinski definition) is 0. The minimum absolute atomic E-state index is 0.279. The highest BCUT2D eigenvalue weighted by molar-refractivity contribution is 9.11. The van der Waals surface area contributed by atoms with E-state index in [2.05, 4.69) is 44.4 Å². The van der Waals surface area contributed by atoms with Crippen molar-refractivity contribution >= 4 is 53.9 Å². The number of anilines is 2. The molecule has 1 saturated heterocycles. The Kier molecular flexibility index (Phi) is 6.92. The van der Waals surface area contributed by atoms with Gasteiger partial charge in [-0.3, -0.25) is 4.40 Å². The van der Waals surface area contributed by atoms with Crippen molar-refractivity contribution in [3.8, 4) is 11.3 Å². The molecule has 1 aliphatic heterocycles. The van der Waals surface area contributed by atoms with Gasteiger partial charge in [-0.05, 0) is 77.0 Å². The maximum Gasteiger partial charge on any atom is 0.211 e. The number of piperidine rings is 1. The molecule has 1 aromatic carbocycles. The van der Waals surface area contributed by atoms with Gasteiger partial charge in [-0.15, -0.1) is 0 Å². The van der Waals surface area contributed by atoms with E-state index >= 15 is 0 Å². The third-order valence-electron chi connectivity index (χ3n) is 6.71. The highest BCUT2D eigenvalue weighted by Crippen LogP contribution is 2.40. The first-order chi connectivity index (χ1) is 17.2. The van der Waals surface area contributed by atoms with Gasteiger partial charge in [0.15, 0.2) is 5.13 Å². The van der Waals surface area contributed by atoms with E-state index in [-0.39, 0.29) is 11.7 Å². The lowest BCUT2D eigenvalue weighted by atomic mass is 9.91. The highest BCUT2D eigenvalue weighted by atomic mass is 79.9. The summed E-state index contributed by atoms with van der Waals surface area (Å²) in [5.41, 5.74) is 4.62. The van der Waals surface area contributed by atoms with Crippen molar-refractivity contribution in [2.24, 2.45) is 0 Å². The quantitative estimate of drug-likeness (QED) is 0.282. The average Bonchev–Trinajstić information content (AvgIpc) is 3.43. The maximum atomic E-state index is 13.4. The number of thiazole rings is 1. The average molecular weight is 593 g/mol. The molecule has 190 valence electrons. The van der Waals surface area contributed by atoms with Crippen LogP contribution in [0.3, 0.4) is 0 Å². The summed E-state index contributed by atoms with van der Waals surface area (Å²) in [6.07, 6.45) is 5.76. The lowest BCUT2D eigenvalue weighted by Crippen LogP contribution is -2.37. The molecule has 7 nitrogen and oxygen atoms in total. The number of imidazole rings is 1. The lowest BCUT2D eigenvalue weighted by molar-refractivity contribution is 0.321. The van der Waals surface area contributed by atoms with E-state index in [4.69, 9.17) is 9.97 Å².